The SMILES string of the molecule is CCCCCCCCCCCCC(CCCCC)OP(=O)(OC(CCCCC)CCCCCCCCCCCC)OC(CCCCC)CCCCCCCCCCCC. The van der Waals surface area contributed by atoms with Crippen LogP contribution >= 0.6 is 7.82 Å². The third-order valence-electron chi connectivity index (χ3n) is 12.9. The van der Waals surface area contributed by atoms with Gasteiger partial charge in [-0.1, -0.05) is 292 Å². The van der Waals surface area contributed by atoms with E-state index in [0.29, 0.717) is 0 Å². The van der Waals surface area contributed by atoms with Gasteiger partial charge >= 0.3 is 7.82 Å². The van der Waals surface area contributed by atoms with Crippen molar-refractivity contribution >= 4 is 7.82 Å². The maximum absolute atomic E-state index is 15.3. The van der Waals surface area contributed by atoms with E-state index in [1.807, 2.05) is 0 Å². The third kappa shape index (κ3) is 41.9. The molecule has 0 aliphatic carbocycles. The molecule has 4 nitrogen and oxygen atoms in total. The Kier molecular flexibility index (Phi) is 47.7. The molecule has 0 aromatic carbocycles. The van der Waals surface area contributed by atoms with Gasteiger partial charge in [0.2, 0.25) is 0 Å². The predicted octanol–water partition coefficient (Wildman–Crippen LogP) is 20.9. The normalized spacial score (nSPS) is 14.5. The Hall–Kier alpha value is 0.110. The monoisotopic (exact) mass is 855 g/mol. The van der Waals surface area contributed by atoms with Crippen LogP contribution in [0.2, 0.25) is 0 Å². The molecule has 0 N–H and O–H groups in total. The summed E-state index contributed by atoms with van der Waals surface area (Å²) < 4.78 is 35.9. The molecular formula is C54H111O4P. The first-order chi connectivity index (χ1) is 29.0. The van der Waals surface area contributed by atoms with Crippen LogP contribution < -0.4 is 0 Å². The minimum absolute atomic E-state index is 0.0522. The average Bonchev–Trinajstić information content (AvgIpc) is 3.22. The minimum Gasteiger partial charge on any atom is -0.284 e. The lowest BCUT2D eigenvalue weighted by Gasteiger charge is -2.31. The summed E-state index contributed by atoms with van der Waals surface area (Å²) in [5.74, 6) is 0. The summed E-state index contributed by atoms with van der Waals surface area (Å²) in [5, 5.41) is 0. The lowest BCUT2D eigenvalue weighted by atomic mass is 10.0. The molecule has 0 fully saturated rings. The van der Waals surface area contributed by atoms with E-state index < -0.39 is 7.82 Å². The van der Waals surface area contributed by atoms with Gasteiger partial charge in [-0.2, -0.15) is 0 Å². The molecule has 0 saturated heterocycles. The lowest BCUT2D eigenvalue weighted by molar-refractivity contribution is 0.0156. The van der Waals surface area contributed by atoms with Crippen molar-refractivity contribution in [2.45, 2.75) is 349 Å². The Morgan fingerprint density at radius 3 is 0.559 bits per heavy atom. The summed E-state index contributed by atoms with van der Waals surface area (Å²) in [7, 11) is -3.77. The molecule has 3 atom stereocenters. The highest BCUT2D eigenvalue weighted by atomic mass is 31.2. The molecule has 0 aliphatic rings. The Labute approximate surface area is 373 Å². The molecule has 59 heavy (non-hydrogen) atoms. The predicted molar refractivity (Wildman–Crippen MR) is 264 cm³/mol. The molecule has 5 heteroatoms. The number of hydrogen-bond acceptors (Lipinski definition) is 4. The van der Waals surface area contributed by atoms with Crippen molar-refractivity contribution in [3.63, 3.8) is 0 Å². The quantitative estimate of drug-likeness (QED) is 0.0452. The summed E-state index contributed by atoms with van der Waals surface area (Å²) >= 11 is 0. The van der Waals surface area contributed by atoms with Crippen molar-refractivity contribution in [1.29, 1.82) is 0 Å². The minimum atomic E-state index is -3.77. The average molecular weight is 855 g/mol. The molecule has 0 aliphatic heterocycles. The zero-order valence-corrected chi connectivity index (χ0v) is 42.5. The second-order valence-electron chi connectivity index (χ2n) is 19.0. The molecule has 356 valence electrons. The smallest absolute Gasteiger partial charge is 0.284 e. The van der Waals surface area contributed by atoms with Crippen molar-refractivity contribution in [1.82, 2.24) is 0 Å². The van der Waals surface area contributed by atoms with Gasteiger partial charge in [0.25, 0.3) is 0 Å². The largest absolute Gasteiger partial charge is 0.475 e. The molecule has 0 bridgehead atoms. The summed E-state index contributed by atoms with van der Waals surface area (Å²) in [6.45, 7) is 13.7. The van der Waals surface area contributed by atoms with Crippen LogP contribution in [-0.4, -0.2) is 18.3 Å². The van der Waals surface area contributed by atoms with E-state index in [1.165, 1.54) is 212 Å². The second-order valence-corrected chi connectivity index (χ2v) is 20.6. The molecule has 0 spiro atoms. The van der Waals surface area contributed by atoms with E-state index in [1.54, 1.807) is 0 Å². The Balaban J connectivity index is 5.78. The first-order valence-corrected chi connectivity index (χ1v) is 29.1. The van der Waals surface area contributed by atoms with E-state index >= 15 is 4.57 Å². The van der Waals surface area contributed by atoms with Crippen LogP contribution in [-0.2, 0) is 18.1 Å². The van der Waals surface area contributed by atoms with Gasteiger partial charge in [0.05, 0.1) is 18.3 Å². The van der Waals surface area contributed by atoms with E-state index in [2.05, 4.69) is 41.5 Å². The highest BCUT2D eigenvalue weighted by Gasteiger charge is 2.36. The van der Waals surface area contributed by atoms with Gasteiger partial charge in [-0.15, -0.1) is 0 Å². The zero-order valence-electron chi connectivity index (χ0n) is 41.6. The second kappa shape index (κ2) is 47.6. The molecule has 0 radical (unpaired) electrons. The maximum atomic E-state index is 15.3. The maximum Gasteiger partial charge on any atom is 0.475 e. The van der Waals surface area contributed by atoms with Crippen LogP contribution in [0.25, 0.3) is 0 Å². The van der Waals surface area contributed by atoms with Gasteiger partial charge in [0, 0.05) is 0 Å². The van der Waals surface area contributed by atoms with Crippen molar-refractivity contribution in [2.75, 3.05) is 0 Å². The molecule has 0 rings (SSSR count). The van der Waals surface area contributed by atoms with E-state index in [4.69, 9.17) is 13.6 Å². The summed E-state index contributed by atoms with van der Waals surface area (Å²) in [6.07, 6.45) is 56.0. The Bertz CT molecular complexity index is 731. The van der Waals surface area contributed by atoms with Gasteiger partial charge < -0.3 is 0 Å². The van der Waals surface area contributed by atoms with Crippen molar-refractivity contribution in [3.8, 4) is 0 Å². The first-order valence-electron chi connectivity index (χ1n) is 27.6. The van der Waals surface area contributed by atoms with Gasteiger partial charge in [-0.25, -0.2) is 4.57 Å². The van der Waals surface area contributed by atoms with Crippen LogP contribution in [0.4, 0.5) is 0 Å². The van der Waals surface area contributed by atoms with Crippen molar-refractivity contribution in [3.05, 3.63) is 0 Å². The topological polar surface area (TPSA) is 44.8 Å². The van der Waals surface area contributed by atoms with Gasteiger partial charge in [-0.05, 0) is 38.5 Å². The van der Waals surface area contributed by atoms with Crippen LogP contribution in [0.1, 0.15) is 330 Å². The third-order valence-corrected chi connectivity index (χ3v) is 14.5. The summed E-state index contributed by atoms with van der Waals surface area (Å²) in [6, 6.07) is 0. The van der Waals surface area contributed by atoms with Crippen LogP contribution in [0.5, 0.6) is 0 Å². The summed E-state index contributed by atoms with van der Waals surface area (Å²) in [4.78, 5) is 0. The first kappa shape index (κ1) is 59.1. The zero-order chi connectivity index (χ0) is 43.2. The van der Waals surface area contributed by atoms with Crippen molar-refractivity contribution < 1.29 is 18.1 Å². The molecular weight excluding hydrogens is 744 g/mol. The lowest BCUT2D eigenvalue weighted by Crippen LogP contribution is -2.22. The van der Waals surface area contributed by atoms with Gasteiger partial charge in [-0.3, -0.25) is 13.6 Å². The summed E-state index contributed by atoms with van der Waals surface area (Å²) in [5.41, 5.74) is 0. The molecule has 0 amide bonds. The Morgan fingerprint density at radius 1 is 0.237 bits per heavy atom. The van der Waals surface area contributed by atoms with E-state index in [-0.39, 0.29) is 18.3 Å². The number of unbranched alkanes of at least 4 members (excludes halogenated alkanes) is 33. The molecule has 0 saturated carbocycles. The molecule has 3 unspecified atom stereocenters. The van der Waals surface area contributed by atoms with Crippen LogP contribution in [0.15, 0.2) is 0 Å². The van der Waals surface area contributed by atoms with Crippen molar-refractivity contribution in [2.24, 2.45) is 0 Å². The van der Waals surface area contributed by atoms with Gasteiger partial charge in [0.1, 0.15) is 0 Å². The fraction of sp³-hybridized carbons (Fsp3) is 1.00. The number of rotatable bonds is 51. The Morgan fingerprint density at radius 2 is 0.373 bits per heavy atom. The molecule has 0 aromatic rings. The van der Waals surface area contributed by atoms with Crippen LogP contribution in [0, 0.1) is 0 Å². The number of phosphoric ester groups is 1. The fourth-order valence-corrected chi connectivity index (χ4v) is 10.7. The number of phosphoric acid groups is 1. The highest BCUT2D eigenvalue weighted by molar-refractivity contribution is 7.48. The van der Waals surface area contributed by atoms with E-state index in [0.717, 1.165) is 77.0 Å². The molecule has 0 aromatic heterocycles. The number of hydrogen-bond donors (Lipinski definition) is 0. The van der Waals surface area contributed by atoms with Crippen LogP contribution in [0.3, 0.4) is 0 Å². The standard InChI is InChI=1S/C54H111O4P/c1-7-13-19-22-25-28-31-34-37-43-49-52(46-40-16-10-4)56-59(55,57-53(47-41-17-11-5)50-44-38-35-32-29-26-23-20-14-8-2)58-54(48-42-18-12-6)51-45-39-36-33-30-27-24-21-15-9-3/h52-54H,7-51H2,1-6H3. The molecule has 0 heterocycles. The van der Waals surface area contributed by atoms with Gasteiger partial charge in [0.15, 0.2) is 0 Å². The highest BCUT2D eigenvalue weighted by Crippen LogP contribution is 2.55. The fourth-order valence-electron chi connectivity index (χ4n) is 8.82. The van der Waals surface area contributed by atoms with E-state index in [9.17, 15) is 0 Å².